The standard InChI is InChI=1S/C21H20N2O4/c1-14-5-7-15(8-6-14)19(24)20(23-21(25)18-4-3-13-27-18)22-16-9-11-17(26-2)12-10-16/h3-13,20,22H,1-2H3,(H,23,25). The van der Waals surface area contributed by atoms with Crippen LogP contribution in [0.15, 0.2) is 71.3 Å². The minimum atomic E-state index is -0.960. The topological polar surface area (TPSA) is 80.6 Å². The van der Waals surface area contributed by atoms with Gasteiger partial charge in [0.25, 0.3) is 5.91 Å². The molecule has 0 saturated carbocycles. The van der Waals surface area contributed by atoms with Crippen LogP contribution in [0.5, 0.6) is 5.75 Å². The number of anilines is 1. The molecule has 0 aliphatic carbocycles. The second-order valence-electron chi connectivity index (χ2n) is 5.99. The van der Waals surface area contributed by atoms with E-state index in [1.165, 1.54) is 12.3 Å². The van der Waals surface area contributed by atoms with E-state index < -0.39 is 12.1 Å². The van der Waals surface area contributed by atoms with Crippen molar-refractivity contribution in [3.8, 4) is 5.75 Å². The van der Waals surface area contributed by atoms with Crippen molar-refractivity contribution in [2.24, 2.45) is 0 Å². The zero-order valence-electron chi connectivity index (χ0n) is 15.1. The van der Waals surface area contributed by atoms with Crippen molar-refractivity contribution in [1.82, 2.24) is 5.32 Å². The third-order valence-electron chi connectivity index (χ3n) is 4.02. The van der Waals surface area contributed by atoms with Crippen LogP contribution in [0, 0.1) is 6.92 Å². The van der Waals surface area contributed by atoms with E-state index in [2.05, 4.69) is 10.6 Å². The van der Waals surface area contributed by atoms with Gasteiger partial charge in [-0.1, -0.05) is 29.8 Å². The van der Waals surface area contributed by atoms with E-state index in [1.807, 2.05) is 19.1 Å². The van der Waals surface area contributed by atoms with Gasteiger partial charge in [-0.05, 0) is 43.3 Å². The molecule has 27 heavy (non-hydrogen) atoms. The summed E-state index contributed by atoms with van der Waals surface area (Å²) in [5.41, 5.74) is 2.21. The van der Waals surface area contributed by atoms with Crippen molar-refractivity contribution in [2.75, 3.05) is 12.4 Å². The van der Waals surface area contributed by atoms with E-state index >= 15 is 0 Å². The Bertz CT molecular complexity index is 900. The van der Waals surface area contributed by atoms with Gasteiger partial charge in [0.15, 0.2) is 11.9 Å². The van der Waals surface area contributed by atoms with Gasteiger partial charge in [0, 0.05) is 11.3 Å². The zero-order valence-corrected chi connectivity index (χ0v) is 15.1. The first-order valence-electron chi connectivity index (χ1n) is 8.42. The summed E-state index contributed by atoms with van der Waals surface area (Å²) in [6, 6.07) is 17.4. The van der Waals surface area contributed by atoms with Crippen LogP contribution < -0.4 is 15.4 Å². The largest absolute Gasteiger partial charge is 0.497 e. The molecule has 2 aromatic carbocycles. The summed E-state index contributed by atoms with van der Waals surface area (Å²) < 4.78 is 10.2. The van der Waals surface area contributed by atoms with Gasteiger partial charge in [0.2, 0.25) is 5.78 Å². The van der Waals surface area contributed by atoms with Crippen molar-refractivity contribution in [1.29, 1.82) is 0 Å². The summed E-state index contributed by atoms with van der Waals surface area (Å²) in [5.74, 6) is 0.0898. The third kappa shape index (κ3) is 4.55. The fraction of sp³-hybridized carbons (Fsp3) is 0.143. The summed E-state index contributed by atoms with van der Waals surface area (Å²) in [4.78, 5) is 25.3. The molecule has 0 fully saturated rings. The number of Topliss-reactive ketones (excluding diaryl/α,β-unsaturated/α-hetero) is 1. The number of hydrogen-bond donors (Lipinski definition) is 2. The smallest absolute Gasteiger partial charge is 0.288 e. The maximum Gasteiger partial charge on any atom is 0.288 e. The first-order valence-corrected chi connectivity index (χ1v) is 8.42. The predicted octanol–water partition coefficient (Wildman–Crippen LogP) is 3.65. The highest BCUT2D eigenvalue weighted by atomic mass is 16.5. The second-order valence-corrected chi connectivity index (χ2v) is 5.99. The van der Waals surface area contributed by atoms with Gasteiger partial charge in [-0.15, -0.1) is 0 Å². The van der Waals surface area contributed by atoms with Crippen molar-refractivity contribution in [3.63, 3.8) is 0 Å². The number of hydrogen-bond acceptors (Lipinski definition) is 5. The lowest BCUT2D eigenvalue weighted by Gasteiger charge is -2.20. The van der Waals surface area contributed by atoms with Gasteiger partial charge in [0.05, 0.1) is 13.4 Å². The fourth-order valence-corrected chi connectivity index (χ4v) is 2.52. The Balaban J connectivity index is 1.83. The Morgan fingerprint density at radius 2 is 1.70 bits per heavy atom. The molecule has 0 aliphatic heterocycles. The summed E-state index contributed by atoms with van der Waals surface area (Å²) in [6.07, 6.45) is 0.446. The Kier molecular flexibility index (Phi) is 5.56. The van der Waals surface area contributed by atoms with E-state index in [1.54, 1.807) is 49.6 Å². The monoisotopic (exact) mass is 364 g/mol. The molecule has 0 bridgehead atoms. The number of benzene rings is 2. The summed E-state index contributed by atoms with van der Waals surface area (Å²) in [6.45, 7) is 1.94. The van der Waals surface area contributed by atoms with E-state index in [0.29, 0.717) is 17.0 Å². The number of ether oxygens (including phenoxy) is 1. The Morgan fingerprint density at radius 1 is 1.00 bits per heavy atom. The minimum absolute atomic E-state index is 0.133. The number of carbonyl (C=O) groups is 2. The molecular formula is C21H20N2O4. The van der Waals surface area contributed by atoms with E-state index in [9.17, 15) is 9.59 Å². The van der Waals surface area contributed by atoms with Crippen LogP contribution in [0.2, 0.25) is 0 Å². The molecule has 0 radical (unpaired) electrons. The molecule has 0 spiro atoms. The predicted molar refractivity (Wildman–Crippen MR) is 102 cm³/mol. The van der Waals surface area contributed by atoms with Gasteiger partial charge < -0.3 is 19.8 Å². The molecule has 1 atom stereocenters. The van der Waals surface area contributed by atoms with Crippen LogP contribution in [0.4, 0.5) is 5.69 Å². The third-order valence-corrected chi connectivity index (χ3v) is 4.02. The molecule has 3 rings (SSSR count). The molecule has 1 amide bonds. The lowest BCUT2D eigenvalue weighted by Crippen LogP contribution is -2.46. The molecule has 1 heterocycles. The summed E-state index contributed by atoms with van der Waals surface area (Å²) >= 11 is 0. The van der Waals surface area contributed by atoms with E-state index in [0.717, 1.165) is 5.56 Å². The number of rotatable bonds is 7. The number of methoxy groups -OCH3 is 1. The van der Waals surface area contributed by atoms with Crippen molar-refractivity contribution >= 4 is 17.4 Å². The number of carbonyl (C=O) groups excluding carboxylic acids is 2. The zero-order chi connectivity index (χ0) is 19.2. The SMILES string of the molecule is COc1ccc(NC(NC(=O)c2ccco2)C(=O)c2ccc(C)cc2)cc1. The molecule has 6 heteroatoms. The van der Waals surface area contributed by atoms with Gasteiger partial charge in [-0.25, -0.2) is 0 Å². The molecule has 1 aromatic heterocycles. The van der Waals surface area contributed by atoms with Crippen molar-refractivity contribution < 1.29 is 18.7 Å². The summed E-state index contributed by atoms with van der Waals surface area (Å²) in [7, 11) is 1.58. The molecule has 2 N–H and O–H groups in total. The number of amides is 1. The van der Waals surface area contributed by atoms with Crippen LogP contribution in [-0.2, 0) is 0 Å². The fourth-order valence-electron chi connectivity index (χ4n) is 2.52. The Morgan fingerprint density at radius 3 is 2.30 bits per heavy atom. The highest BCUT2D eigenvalue weighted by Crippen LogP contribution is 2.17. The lowest BCUT2D eigenvalue weighted by atomic mass is 10.1. The molecule has 0 aliphatic rings. The Labute approximate surface area is 157 Å². The number of furan rings is 1. The highest BCUT2D eigenvalue weighted by Gasteiger charge is 2.23. The average molecular weight is 364 g/mol. The van der Waals surface area contributed by atoms with Crippen LogP contribution in [0.25, 0.3) is 0 Å². The van der Waals surface area contributed by atoms with E-state index in [-0.39, 0.29) is 11.5 Å². The molecular weight excluding hydrogens is 344 g/mol. The Hall–Kier alpha value is -3.54. The van der Waals surface area contributed by atoms with Crippen LogP contribution >= 0.6 is 0 Å². The van der Waals surface area contributed by atoms with Crippen molar-refractivity contribution in [3.05, 3.63) is 83.8 Å². The minimum Gasteiger partial charge on any atom is -0.497 e. The highest BCUT2D eigenvalue weighted by molar-refractivity contribution is 6.04. The van der Waals surface area contributed by atoms with Gasteiger partial charge >= 0.3 is 0 Å². The maximum absolute atomic E-state index is 13.0. The average Bonchev–Trinajstić information content (AvgIpc) is 3.23. The lowest BCUT2D eigenvalue weighted by molar-refractivity contribution is 0.0853. The van der Waals surface area contributed by atoms with Crippen LogP contribution in [0.3, 0.4) is 0 Å². The van der Waals surface area contributed by atoms with E-state index in [4.69, 9.17) is 9.15 Å². The molecule has 1 unspecified atom stereocenters. The number of ketones is 1. The van der Waals surface area contributed by atoms with Gasteiger partial charge in [-0.3, -0.25) is 9.59 Å². The number of aryl methyl sites for hydroxylation is 1. The maximum atomic E-state index is 13.0. The first-order chi connectivity index (χ1) is 13.1. The molecule has 0 saturated heterocycles. The molecule has 138 valence electrons. The molecule has 6 nitrogen and oxygen atoms in total. The molecule has 3 aromatic rings. The van der Waals surface area contributed by atoms with Crippen molar-refractivity contribution in [2.45, 2.75) is 13.1 Å². The quantitative estimate of drug-likeness (QED) is 0.494. The van der Waals surface area contributed by atoms with Gasteiger partial charge in [0.1, 0.15) is 5.75 Å². The van der Waals surface area contributed by atoms with Crippen LogP contribution in [0.1, 0.15) is 26.5 Å². The second kappa shape index (κ2) is 8.23. The summed E-state index contributed by atoms with van der Waals surface area (Å²) in [5, 5.41) is 5.74. The number of nitrogens with one attached hydrogen (secondary N) is 2. The van der Waals surface area contributed by atoms with Gasteiger partial charge in [-0.2, -0.15) is 0 Å². The normalized spacial score (nSPS) is 11.5. The van der Waals surface area contributed by atoms with Crippen LogP contribution in [-0.4, -0.2) is 25.0 Å². The first kappa shape index (κ1) is 18.3.